The number of hydrogen-bond acceptors (Lipinski definition) is 7. The summed E-state index contributed by atoms with van der Waals surface area (Å²) in [5, 5.41) is 35.3. The molecule has 0 spiro atoms. The lowest BCUT2D eigenvalue weighted by Crippen LogP contribution is -2.04. The molecule has 0 bridgehead atoms. The summed E-state index contributed by atoms with van der Waals surface area (Å²) in [7, 11) is 0. The Morgan fingerprint density at radius 3 is 1.97 bits per heavy atom. The van der Waals surface area contributed by atoms with Gasteiger partial charge in [-0.3, -0.25) is 9.59 Å². The van der Waals surface area contributed by atoms with Crippen molar-refractivity contribution in [2.75, 3.05) is 19.8 Å². The number of carboxylic acid groups (broad SMARTS) is 1. The molecule has 0 heterocycles. The van der Waals surface area contributed by atoms with Crippen molar-refractivity contribution in [2.45, 2.75) is 25.7 Å². The average molecular weight is 459 g/mol. The lowest BCUT2D eigenvalue weighted by molar-refractivity contribution is -0.137. The molecule has 2 aromatic carbocycles. The number of hydrogen-bond donors (Lipinski definition) is 4. The van der Waals surface area contributed by atoms with Crippen LogP contribution in [0.4, 0.5) is 0 Å². The molecule has 0 saturated carbocycles. The zero-order valence-corrected chi connectivity index (χ0v) is 18.4. The highest BCUT2D eigenvalue weighted by molar-refractivity contribution is 5.79. The number of phenolic OH excluding ortho intramolecular Hbond substituents is 2. The van der Waals surface area contributed by atoms with E-state index in [1.54, 1.807) is 30.4 Å². The molecule has 0 aliphatic heterocycles. The van der Waals surface area contributed by atoms with E-state index in [1.165, 1.54) is 12.1 Å². The van der Waals surface area contributed by atoms with Gasteiger partial charge in [0.15, 0.2) is 28.8 Å². The van der Waals surface area contributed by atoms with E-state index in [0.717, 1.165) is 11.1 Å². The summed E-state index contributed by atoms with van der Waals surface area (Å²) >= 11 is 0. The fraction of sp³-hybridized carbons (Fsp3) is 0.280. The summed E-state index contributed by atoms with van der Waals surface area (Å²) in [4.78, 5) is 21.3. The molecule has 0 aliphatic rings. The van der Waals surface area contributed by atoms with Crippen LogP contribution in [0.5, 0.6) is 23.0 Å². The predicted octanol–water partition coefficient (Wildman–Crippen LogP) is 3.43. The van der Waals surface area contributed by atoms with Crippen molar-refractivity contribution in [2.24, 2.45) is 0 Å². The number of rotatable bonds is 13. The fourth-order valence-electron chi connectivity index (χ4n) is 2.58. The van der Waals surface area contributed by atoms with Gasteiger partial charge in [-0.05, 0) is 48.2 Å². The number of aromatic hydroxyl groups is 2. The lowest BCUT2D eigenvalue weighted by atomic mass is 10.1. The van der Waals surface area contributed by atoms with Crippen LogP contribution in [-0.2, 0) is 22.4 Å². The van der Waals surface area contributed by atoms with E-state index in [9.17, 15) is 9.59 Å². The number of ether oxygens (including phenoxy) is 2. The zero-order valence-electron chi connectivity index (χ0n) is 18.4. The maximum Gasteiger partial charge on any atom is 0.303 e. The van der Waals surface area contributed by atoms with Crippen molar-refractivity contribution < 1.29 is 39.5 Å². The highest BCUT2D eigenvalue weighted by Crippen LogP contribution is 2.29. The van der Waals surface area contributed by atoms with E-state index >= 15 is 0 Å². The number of ketones is 1. The molecule has 4 N–H and O–H groups in total. The third kappa shape index (κ3) is 10.9. The predicted molar refractivity (Wildman–Crippen MR) is 124 cm³/mol. The molecule has 0 fully saturated rings. The standard InChI is InChI=1S/C15H18O4.C10H12O4/c1-3-9-18-13-7-5-12(6-8-15(16)17)11-14(13)19-10-4-2;11-6-8(12)3-1-7-2-4-9(13)10(14)5-7/h3-5,7,11H,1-2,6,8-10H2,(H,16,17);2,4-5,11,13-14H,1,3,6H2. The van der Waals surface area contributed by atoms with Crippen molar-refractivity contribution in [1.29, 1.82) is 0 Å². The largest absolute Gasteiger partial charge is 0.504 e. The quantitative estimate of drug-likeness (QED) is 0.265. The third-order valence-corrected chi connectivity index (χ3v) is 4.26. The maximum absolute atomic E-state index is 10.8. The van der Waals surface area contributed by atoms with Gasteiger partial charge in [-0.2, -0.15) is 0 Å². The van der Waals surface area contributed by atoms with Crippen molar-refractivity contribution >= 4 is 11.8 Å². The smallest absolute Gasteiger partial charge is 0.303 e. The van der Waals surface area contributed by atoms with Crippen LogP contribution in [-0.4, -0.2) is 52.0 Å². The van der Waals surface area contributed by atoms with Crippen LogP contribution in [0.2, 0.25) is 0 Å². The first-order chi connectivity index (χ1) is 15.8. The van der Waals surface area contributed by atoms with Crippen LogP contribution >= 0.6 is 0 Å². The third-order valence-electron chi connectivity index (χ3n) is 4.26. The van der Waals surface area contributed by atoms with Crippen LogP contribution in [0.15, 0.2) is 61.7 Å². The summed E-state index contributed by atoms with van der Waals surface area (Å²) < 4.78 is 11.0. The first kappa shape index (κ1) is 27.3. The van der Waals surface area contributed by atoms with Gasteiger partial charge in [0, 0.05) is 12.8 Å². The van der Waals surface area contributed by atoms with Gasteiger partial charge >= 0.3 is 5.97 Å². The van der Waals surface area contributed by atoms with Gasteiger partial charge in [0.1, 0.15) is 19.8 Å². The van der Waals surface area contributed by atoms with Gasteiger partial charge in [0.25, 0.3) is 0 Å². The van der Waals surface area contributed by atoms with E-state index in [2.05, 4.69) is 13.2 Å². The summed E-state index contributed by atoms with van der Waals surface area (Å²) in [5.41, 5.74) is 1.65. The first-order valence-electron chi connectivity index (χ1n) is 10.3. The Kier molecular flexibility index (Phi) is 12.5. The van der Waals surface area contributed by atoms with E-state index in [0.29, 0.717) is 37.6 Å². The monoisotopic (exact) mass is 458 g/mol. The van der Waals surface area contributed by atoms with Crippen molar-refractivity contribution in [3.8, 4) is 23.0 Å². The Bertz CT molecular complexity index is 936. The average Bonchev–Trinajstić information content (AvgIpc) is 2.81. The fourth-order valence-corrected chi connectivity index (χ4v) is 2.58. The van der Waals surface area contributed by atoms with Crippen LogP contribution in [0.1, 0.15) is 24.0 Å². The molecule has 0 saturated heterocycles. The summed E-state index contributed by atoms with van der Waals surface area (Å²) in [5.74, 6) is -0.232. The molecular weight excluding hydrogens is 428 g/mol. The lowest BCUT2D eigenvalue weighted by Gasteiger charge is -2.12. The highest BCUT2D eigenvalue weighted by atomic mass is 16.5. The molecule has 0 unspecified atom stereocenters. The minimum absolute atomic E-state index is 0.0910. The van der Waals surface area contributed by atoms with Crippen LogP contribution in [0, 0.1) is 0 Å². The van der Waals surface area contributed by atoms with E-state index in [4.69, 9.17) is 29.9 Å². The minimum Gasteiger partial charge on any atom is -0.504 e. The molecule has 8 nitrogen and oxygen atoms in total. The molecule has 2 rings (SSSR count). The molecular formula is C25H30O8. The Balaban J connectivity index is 0.000000346. The molecule has 0 atom stereocenters. The number of aliphatic carboxylic acids is 1. The van der Waals surface area contributed by atoms with E-state index in [-0.39, 0.29) is 30.1 Å². The molecule has 0 aliphatic carbocycles. The topological polar surface area (TPSA) is 134 Å². The second-order valence-electron chi connectivity index (χ2n) is 6.89. The Labute approximate surface area is 193 Å². The number of carboxylic acids is 1. The zero-order chi connectivity index (χ0) is 24.6. The van der Waals surface area contributed by atoms with E-state index < -0.39 is 12.6 Å². The van der Waals surface area contributed by atoms with Gasteiger partial charge in [-0.25, -0.2) is 0 Å². The normalized spacial score (nSPS) is 9.85. The van der Waals surface area contributed by atoms with Crippen LogP contribution in [0.25, 0.3) is 0 Å². The van der Waals surface area contributed by atoms with Gasteiger partial charge in [-0.1, -0.05) is 37.4 Å². The Morgan fingerprint density at radius 1 is 0.818 bits per heavy atom. The van der Waals surface area contributed by atoms with Crippen LogP contribution in [0.3, 0.4) is 0 Å². The number of carbonyl (C=O) groups excluding carboxylic acids is 1. The second-order valence-corrected chi connectivity index (χ2v) is 6.89. The number of aliphatic hydroxyl groups excluding tert-OH is 1. The number of aliphatic hydroxyl groups is 1. The summed E-state index contributed by atoms with van der Waals surface area (Å²) in [6, 6.07) is 9.81. The number of Topliss-reactive ketones (excluding diaryl/α,β-unsaturated/α-hetero) is 1. The molecule has 0 radical (unpaired) electrons. The Morgan fingerprint density at radius 2 is 1.39 bits per heavy atom. The molecule has 2 aromatic rings. The second kappa shape index (κ2) is 15.1. The molecule has 0 amide bonds. The maximum atomic E-state index is 10.8. The van der Waals surface area contributed by atoms with Crippen LogP contribution < -0.4 is 9.47 Å². The van der Waals surface area contributed by atoms with E-state index in [1.807, 2.05) is 6.07 Å². The Hall–Kier alpha value is -3.78. The van der Waals surface area contributed by atoms with Gasteiger partial charge in [-0.15, -0.1) is 0 Å². The van der Waals surface area contributed by atoms with Gasteiger partial charge in [0.2, 0.25) is 0 Å². The van der Waals surface area contributed by atoms with Crippen molar-refractivity contribution in [3.05, 3.63) is 72.8 Å². The molecule has 8 heteroatoms. The van der Waals surface area contributed by atoms with Crippen molar-refractivity contribution in [3.63, 3.8) is 0 Å². The number of aryl methyl sites for hydroxylation is 2. The van der Waals surface area contributed by atoms with Gasteiger partial charge in [0.05, 0.1) is 0 Å². The summed E-state index contributed by atoms with van der Waals surface area (Å²) in [6.07, 6.45) is 4.53. The van der Waals surface area contributed by atoms with Gasteiger partial charge < -0.3 is 29.9 Å². The minimum atomic E-state index is -0.819. The summed E-state index contributed by atoms with van der Waals surface area (Å²) in [6.45, 7) is 7.48. The van der Waals surface area contributed by atoms with Crippen molar-refractivity contribution in [1.82, 2.24) is 0 Å². The molecule has 178 valence electrons. The highest BCUT2D eigenvalue weighted by Gasteiger charge is 2.08. The molecule has 0 aromatic heterocycles. The first-order valence-corrected chi connectivity index (χ1v) is 10.3. The number of carbonyl (C=O) groups is 2. The number of benzene rings is 2. The number of phenols is 2. The molecule has 33 heavy (non-hydrogen) atoms. The SMILES string of the molecule is C=CCOc1ccc(CCC(=O)O)cc1OCC=C.O=C(CO)CCc1ccc(O)c(O)c1.